The molecule has 2 heterocycles. The van der Waals surface area contributed by atoms with Crippen LogP contribution in [0.2, 0.25) is 0 Å². The number of nitrogens with one attached hydrogen (secondary N) is 1. The number of carbonyl (C=O) groups excluding carboxylic acids is 1. The minimum atomic E-state index is -0.0562. The molecule has 0 unspecified atom stereocenters. The molecule has 1 amide bonds. The predicted octanol–water partition coefficient (Wildman–Crippen LogP) is 4.12. The molecule has 5 heteroatoms. The molecule has 1 aromatic heterocycles. The zero-order chi connectivity index (χ0) is 17.9. The summed E-state index contributed by atoms with van der Waals surface area (Å²) in [5.41, 5.74) is 4.78. The maximum atomic E-state index is 12.9. The highest BCUT2D eigenvalue weighted by atomic mass is 16.2. The Morgan fingerprint density at radius 1 is 1.08 bits per heavy atom. The summed E-state index contributed by atoms with van der Waals surface area (Å²) in [6, 6.07) is 16.1. The van der Waals surface area contributed by atoms with E-state index in [1.165, 1.54) is 5.56 Å². The molecule has 0 aliphatic carbocycles. The zero-order valence-electron chi connectivity index (χ0n) is 14.6. The lowest BCUT2D eigenvalue weighted by atomic mass is 10.0. The van der Waals surface area contributed by atoms with E-state index in [4.69, 9.17) is 0 Å². The van der Waals surface area contributed by atoms with Gasteiger partial charge in [0.2, 0.25) is 5.95 Å². The van der Waals surface area contributed by atoms with Crippen molar-refractivity contribution in [2.75, 3.05) is 16.8 Å². The Labute approximate surface area is 152 Å². The largest absolute Gasteiger partial charge is 0.324 e. The van der Waals surface area contributed by atoms with E-state index in [2.05, 4.69) is 21.4 Å². The van der Waals surface area contributed by atoms with Crippen LogP contribution in [0.3, 0.4) is 0 Å². The second-order valence-electron chi connectivity index (χ2n) is 6.48. The lowest BCUT2D eigenvalue weighted by molar-refractivity contribution is 0.0984. The van der Waals surface area contributed by atoms with E-state index in [1.807, 2.05) is 54.3 Å². The standard InChI is InChI=1S/C21H20N4O/c1-15-6-4-9-18(12-15)24-21-22-13-17(14-23-21)20(26)25-11-5-8-16-7-2-3-10-19(16)25/h2-4,6-7,9-10,12-14H,5,8,11H2,1H3,(H,22,23,24). The average molecular weight is 344 g/mol. The molecule has 0 spiro atoms. The van der Waals surface area contributed by atoms with Crippen LogP contribution in [0, 0.1) is 6.92 Å². The number of fused-ring (bicyclic) bond motifs is 1. The number of hydrogen-bond donors (Lipinski definition) is 1. The quantitative estimate of drug-likeness (QED) is 0.776. The molecule has 0 fully saturated rings. The van der Waals surface area contributed by atoms with Crippen LogP contribution in [0.4, 0.5) is 17.3 Å². The van der Waals surface area contributed by atoms with Crippen LogP contribution < -0.4 is 10.2 Å². The van der Waals surface area contributed by atoms with Gasteiger partial charge in [0.25, 0.3) is 5.91 Å². The van der Waals surface area contributed by atoms with Crippen molar-refractivity contribution in [1.29, 1.82) is 0 Å². The van der Waals surface area contributed by atoms with Crippen LogP contribution in [0.15, 0.2) is 60.9 Å². The molecule has 5 nitrogen and oxygen atoms in total. The first-order chi connectivity index (χ1) is 12.7. The molecule has 1 aliphatic rings. The third kappa shape index (κ3) is 3.28. The minimum Gasteiger partial charge on any atom is -0.324 e. The van der Waals surface area contributed by atoms with Gasteiger partial charge in [0.1, 0.15) is 0 Å². The molecule has 1 N–H and O–H groups in total. The molecule has 0 bridgehead atoms. The summed E-state index contributed by atoms with van der Waals surface area (Å²) in [5.74, 6) is 0.422. The van der Waals surface area contributed by atoms with Crippen molar-refractivity contribution in [2.24, 2.45) is 0 Å². The monoisotopic (exact) mass is 344 g/mol. The van der Waals surface area contributed by atoms with Crippen LogP contribution in [-0.2, 0) is 6.42 Å². The molecule has 130 valence electrons. The van der Waals surface area contributed by atoms with Crippen LogP contribution in [0.1, 0.15) is 27.9 Å². The van der Waals surface area contributed by atoms with Crippen molar-refractivity contribution in [2.45, 2.75) is 19.8 Å². The van der Waals surface area contributed by atoms with E-state index in [0.29, 0.717) is 11.5 Å². The van der Waals surface area contributed by atoms with E-state index in [9.17, 15) is 4.79 Å². The normalized spacial score (nSPS) is 13.2. The van der Waals surface area contributed by atoms with Crippen LogP contribution in [-0.4, -0.2) is 22.4 Å². The fourth-order valence-electron chi connectivity index (χ4n) is 3.26. The maximum Gasteiger partial charge on any atom is 0.261 e. The second kappa shape index (κ2) is 6.96. The Balaban J connectivity index is 1.53. The van der Waals surface area contributed by atoms with Crippen molar-refractivity contribution >= 4 is 23.2 Å². The van der Waals surface area contributed by atoms with Gasteiger partial charge in [0.15, 0.2) is 0 Å². The Kier molecular flexibility index (Phi) is 4.35. The highest BCUT2D eigenvalue weighted by molar-refractivity contribution is 6.06. The Hall–Kier alpha value is -3.21. The average Bonchev–Trinajstić information content (AvgIpc) is 2.68. The summed E-state index contributed by atoms with van der Waals surface area (Å²) >= 11 is 0. The van der Waals surface area contributed by atoms with Crippen molar-refractivity contribution in [1.82, 2.24) is 9.97 Å². The topological polar surface area (TPSA) is 58.1 Å². The van der Waals surface area contributed by atoms with Crippen molar-refractivity contribution < 1.29 is 4.79 Å². The first-order valence-electron chi connectivity index (χ1n) is 8.76. The summed E-state index contributed by atoms with van der Waals surface area (Å²) < 4.78 is 0. The number of amides is 1. The lowest BCUT2D eigenvalue weighted by Gasteiger charge is -2.29. The number of anilines is 3. The number of carbonyl (C=O) groups is 1. The van der Waals surface area contributed by atoms with Gasteiger partial charge in [-0.2, -0.15) is 0 Å². The summed E-state index contributed by atoms with van der Waals surface area (Å²) in [7, 11) is 0. The summed E-state index contributed by atoms with van der Waals surface area (Å²) in [4.78, 5) is 23.3. The maximum absolute atomic E-state index is 12.9. The first kappa shape index (κ1) is 16.3. The molecule has 4 rings (SSSR count). The minimum absolute atomic E-state index is 0.0562. The summed E-state index contributed by atoms with van der Waals surface area (Å²) in [6.07, 6.45) is 5.15. The van der Waals surface area contributed by atoms with Crippen molar-refractivity contribution in [3.63, 3.8) is 0 Å². The SMILES string of the molecule is Cc1cccc(Nc2ncc(C(=O)N3CCCc4ccccc43)cn2)c1. The molecular formula is C21H20N4O. The number of hydrogen-bond acceptors (Lipinski definition) is 4. The van der Waals surface area contributed by atoms with Gasteiger partial charge in [-0.05, 0) is 49.1 Å². The highest BCUT2D eigenvalue weighted by Gasteiger charge is 2.23. The molecule has 1 aliphatic heterocycles. The van der Waals surface area contributed by atoms with E-state index in [1.54, 1.807) is 12.4 Å². The van der Waals surface area contributed by atoms with Gasteiger partial charge in [-0.25, -0.2) is 9.97 Å². The molecule has 2 aromatic carbocycles. The smallest absolute Gasteiger partial charge is 0.261 e. The van der Waals surface area contributed by atoms with Gasteiger partial charge in [-0.15, -0.1) is 0 Å². The molecule has 0 saturated heterocycles. The number of aromatic nitrogens is 2. The molecule has 3 aromatic rings. The Morgan fingerprint density at radius 2 is 1.88 bits per heavy atom. The van der Waals surface area contributed by atoms with Crippen molar-refractivity contribution in [3.05, 3.63) is 77.6 Å². The van der Waals surface area contributed by atoms with Gasteiger partial charge in [0.05, 0.1) is 5.56 Å². The van der Waals surface area contributed by atoms with Gasteiger partial charge in [0, 0.05) is 30.3 Å². The van der Waals surface area contributed by atoms with Crippen LogP contribution in [0.5, 0.6) is 0 Å². The second-order valence-corrected chi connectivity index (χ2v) is 6.48. The Morgan fingerprint density at radius 3 is 2.69 bits per heavy atom. The molecule has 0 radical (unpaired) electrons. The van der Waals surface area contributed by atoms with Gasteiger partial charge in [-0.3, -0.25) is 4.79 Å². The number of nitrogens with zero attached hydrogens (tertiary/aromatic N) is 3. The lowest BCUT2D eigenvalue weighted by Crippen LogP contribution is -2.35. The van der Waals surface area contributed by atoms with Gasteiger partial charge >= 0.3 is 0 Å². The van der Waals surface area contributed by atoms with E-state index < -0.39 is 0 Å². The predicted molar refractivity (Wildman–Crippen MR) is 103 cm³/mol. The van der Waals surface area contributed by atoms with E-state index in [0.717, 1.165) is 36.3 Å². The molecule has 0 saturated carbocycles. The van der Waals surface area contributed by atoms with Gasteiger partial charge in [-0.1, -0.05) is 30.3 Å². The van der Waals surface area contributed by atoms with E-state index in [-0.39, 0.29) is 5.91 Å². The zero-order valence-corrected chi connectivity index (χ0v) is 14.6. The molecule has 0 atom stereocenters. The number of benzene rings is 2. The summed E-state index contributed by atoms with van der Waals surface area (Å²) in [5, 5.41) is 3.16. The fraction of sp³-hybridized carbons (Fsp3) is 0.190. The summed E-state index contributed by atoms with van der Waals surface area (Å²) in [6.45, 7) is 2.75. The third-order valence-corrected chi connectivity index (χ3v) is 4.53. The van der Waals surface area contributed by atoms with Gasteiger partial charge < -0.3 is 10.2 Å². The molecular weight excluding hydrogens is 324 g/mol. The third-order valence-electron chi connectivity index (χ3n) is 4.53. The number of rotatable bonds is 3. The van der Waals surface area contributed by atoms with Crippen molar-refractivity contribution in [3.8, 4) is 0 Å². The number of para-hydroxylation sites is 1. The molecule has 26 heavy (non-hydrogen) atoms. The number of aryl methyl sites for hydroxylation is 2. The highest BCUT2D eigenvalue weighted by Crippen LogP contribution is 2.28. The van der Waals surface area contributed by atoms with E-state index >= 15 is 0 Å². The van der Waals surface area contributed by atoms with Crippen LogP contribution >= 0.6 is 0 Å². The Bertz CT molecular complexity index is 937. The van der Waals surface area contributed by atoms with Crippen LogP contribution in [0.25, 0.3) is 0 Å². The first-order valence-corrected chi connectivity index (χ1v) is 8.76. The fourth-order valence-corrected chi connectivity index (χ4v) is 3.26.